The maximum Gasteiger partial charge on any atom is 0.316 e. The Hall–Kier alpha value is -0.180. The molecule has 18 heavy (non-hydrogen) atoms. The maximum absolute atomic E-state index is 11.4. The first-order valence-corrected chi connectivity index (χ1v) is 8.37. The second-order valence-corrected chi connectivity index (χ2v) is 8.36. The Kier molecular flexibility index (Phi) is 3.38. The molecule has 4 bridgehead atoms. The third-order valence-electron chi connectivity index (χ3n) is 5.29. The summed E-state index contributed by atoms with van der Waals surface area (Å²) >= 11 is 1.80. The second kappa shape index (κ2) is 4.73. The van der Waals surface area contributed by atoms with E-state index in [1.807, 2.05) is 13.8 Å². The van der Waals surface area contributed by atoms with Crippen LogP contribution in [0.1, 0.15) is 46.0 Å². The van der Waals surface area contributed by atoms with Gasteiger partial charge in [0.1, 0.15) is 5.25 Å². The van der Waals surface area contributed by atoms with Gasteiger partial charge in [0.2, 0.25) is 0 Å². The van der Waals surface area contributed by atoms with Gasteiger partial charge < -0.3 is 5.11 Å². The molecule has 0 aromatic rings. The average Bonchev–Trinajstić information content (AvgIpc) is 2.25. The first kappa shape index (κ1) is 12.8. The van der Waals surface area contributed by atoms with Gasteiger partial charge in [-0.15, -0.1) is 11.8 Å². The molecule has 1 unspecified atom stereocenters. The van der Waals surface area contributed by atoms with Gasteiger partial charge in [0.25, 0.3) is 0 Å². The molecule has 2 nitrogen and oxygen atoms in total. The van der Waals surface area contributed by atoms with E-state index in [-0.39, 0.29) is 11.2 Å². The van der Waals surface area contributed by atoms with E-state index < -0.39 is 5.97 Å². The van der Waals surface area contributed by atoms with E-state index in [2.05, 4.69) is 0 Å². The lowest BCUT2D eigenvalue weighted by molar-refractivity contribution is -0.137. The van der Waals surface area contributed by atoms with Gasteiger partial charge in [-0.1, -0.05) is 13.8 Å². The molecule has 4 aliphatic carbocycles. The lowest BCUT2D eigenvalue weighted by Crippen LogP contribution is -2.48. The molecule has 0 radical (unpaired) electrons. The summed E-state index contributed by atoms with van der Waals surface area (Å²) in [5.41, 5.74) is 0. The van der Waals surface area contributed by atoms with Crippen LogP contribution in [0.2, 0.25) is 0 Å². The van der Waals surface area contributed by atoms with Gasteiger partial charge >= 0.3 is 5.97 Å². The molecule has 1 atom stereocenters. The third-order valence-corrected chi connectivity index (χ3v) is 7.42. The average molecular weight is 268 g/mol. The Morgan fingerprint density at radius 1 is 1.06 bits per heavy atom. The van der Waals surface area contributed by atoms with Crippen molar-refractivity contribution in [2.24, 2.45) is 29.6 Å². The molecule has 0 aromatic heterocycles. The molecule has 0 saturated heterocycles. The summed E-state index contributed by atoms with van der Waals surface area (Å²) in [6.45, 7) is 4.09. The van der Waals surface area contributed by atoms with Crippen molar-refractivity contribution in [2.45, 2.75) is 56.5 Å². The number of hydrogen-bond acceptors (Lipinski definition) is 2. The minimum Gasteiger partial charge on any atom is -0.480 e. The fourth-order valence-corrected chi connectivity index (χ4v) is 6.43. The van der Waals surface area contributed by atoms with E-state index in [0.29, 0.717) is 5.25 Å². The van der Waals surface area contributed by atoms with Crippen molar-refractivity contribution >= 4 is 17.7 Å². The van der Waals surface area contributed by atoms with Crippen molar-refractivity contribution < 1.29 is 9.90 Å². The van der Waals surface area contributed by atoms with Crippen LogP contribution in [0.25, 0.3) is 0 Å². The van der Waals surface area contributed by atoms with E-state index in [9.17, 15) is 9.90 Å². The van der Waals surface area contributed by atoms with Crippen LogP contribution in [0.3, 0.4) is 0 Å². The molecule has 0 amide bonds. The fraction of sp³-hybridized carbons (Fsp3) is 0.933. The molecule has 4 aliphatic rings. The molecule has 4 fully saturated rings. The van der Waals surface area contributed by atoms with Crippen LogP contribution < -0.4 is 0 Å². The number of carboxylic acids is 1. The topological polar surface area (TPSA) is 37.3 Å². The molecule has 102 valence electrons. The smallest absolute Gasteiger partial charge is 0.316 e. The lowest BCUT2D eigenvalue weighted by Gasteiger charge is -2.54. The molecule has 0 heterocycles. The highest BCUT2D eigenvalue weighted by molar-refractivity contribution is 8.01. The summed E-state index contributed by atoms with van der Waals surface area (Å²) in [6, 6.07) is 0. The summed E-state index contributed by atoms with van der Waals surface area (Å²) in [7, 11) is 0. The van der Waals surface area contributed by atoms with Gasteiger partial charge in [-0.05, 0) is 61.7 Å². The normalized spacial score (nSPS) is 43.4. The lowest BCUT2D eigenvalue weighted by atomic mass is 9.56. The van der Waals surface area contributed by atoms with E-state index in [4.69, 9.17) is 0 Å². The predicted octanol–water partition coefficient (Wildman–Crippen LogP) is 3.65. The Morgan fingerprint density at radius 2 is 1.56 bits per heavy atom. The standard InChI is InChI=1S/C15H24O2S/c1-8(2)13(15(16)17)18-14-11-4-9-3-10(6-11)7-12(14)5-9/h8-14H,3-7H2,1-2H3,(H,16,17). The summed E-state index contributed by atoms with van der Waals surface area (Å²) in [5.74, 6) is 3.24. The molecule has 0 spiro atoms. The van der Waals surface area contributed by atoms with Gasteiger partial charge in [-0.2, -0.15) is 0 Å². The Labute approximate surface area is 114 Å². The van der Waals surface area contributed by atoms with Crippen LogP contribution in [0.4, 0.5) is 0 Å². The Bertz CT molecular complexity index is 311. The maximum atomic E-state index is 11.4. The van der Waals surface area contributed by atoms with Gasteiger partial charge in [0, 0.05) is 5.25 Å². The minimum atomic E-state index is -0.608. The number of thioether (sulfide) groups is 1. The van der Waals surface area contributed by atoms with Crippen LogP contribution >= 0.6 is 11.8 Å². The SMILES string of the molecule is CC(C)C(SC1C2CC3CC(C2)CC1C3)C(=O)O. The molecule has 3 heteroatoms. The molecule has 0 aromatic carbocycles. The molecule has 1 N–H and O–H groups in total. The quantitative estimate of drug-likeness (QED) is 0.845. The fourth-order valence-electron chi connectivity index (χ4n) is 4.77. The zero-order valence-corrected chi connectivity index (χ0v) is 12.2. The highest BCUT2D eigenvalue weighted by atomic mass is 32.2. The summed E-state index contributed by atoms with van der Waals surface area (Å²) in [4.78, 5) is 11.4. The molecule has 4 saturated carbocycles. The van der Waals surface area contributed by atoms with Crippen molar-refractivity contribution in [2.75, 3.05) is 0 Å². The zero-order chi connectivity index (χ0) is 12.9. The number of carboxylic acid groups (broad SMARTS) is 1. The number of carbonyl (C=O) groups is 1. The van der Waals surface area contributed by atoms with Gasteiger partial charge in [-0.25, -0.2) is 0 Å². The molecular weight excluding hydrogens is 244 g/mol. The summed E-state index contributed by atoms with van der Waals surface area (Å²) < 4.78 is 0. The minimum absolute atomic E-state index is 0.201. The molecule has 4 rings (SSSR count). The third kappa shape index (κ3) is 2.19. The van der Waals surface area contributed by atoms with E-state index in [0.717, 1.165) is 23.7 Å². The van der Waals surface area contributed by atoms with E-state index in [1.165, 1.54) is 32.1 Å². The van der Waals surface area contributed by atoms with Crippen molar-refractivity contribution in [3.05, 3.63) is 0 Å². The molecule has 0 aliphatic heterocycles. The Balaban J connectivity index is 1.71. The van der Waals surface area contributed by atoms with E-state index >= 15 is 0 Å². The molecular formula is C15H24O2S. The highest BCUT2D eigenvalue weighted by Gasteiger charge is 2.49. The van der Waals surface area contributed by atoms with Crippen LogP contribution in [0.5, 0.6) is 0 Å². The van der Waals surface area contributed by atoms with Crippen LogP contribution in [-0.4, -0.2) is 21.6 Å². The number of aliphatic carboxylic acids is 1. The summed E-state index contributed by atoms with van der Waals surface area (Å²) in [6.07, 6.45) is 7.01. The van der Waals surface area contributed by atoms with Gasteiger partial charge in [0.05, 0.1) is 0 Å². The van der Waals surface area contributed by atoms with Crippen molar-refractivity contribution in [1.82, 2.24) is 0 Å². The highest BCUT2D eigenvalue weighted by Crippen LogP contribution is 2.57. The monoisotopic (exact) mass is 268 g/mol. The summed E-state index contributed by atoms with van der Waals surface area (Å²) in [5, 5.41) is 9.82. The van der Waals surface area contributed by atoms with Gasteiger partial charge in [-0.3, -0.25) is 4.79 Å². The van der Waals surface area contributed by atoms with Crippen LogP contribution in [0, 0.1) is 29.6 Å². The first-order valence-electron chi connectivity index (χ1n) is 7.42. The second-order valence-electron chi connectivity index (χ2n) is 7.03. The largest absolute Gasteiger partial charge is 0.480 e. The first-order chi connectivity index (χ1) is 8.54. The van der Waals surface area contributed by atoms with Crippen molar-refractivity contribution in [1.29, 1.82) is 0 Å². The van der Waals surface area contributed by atoms with Crippen molar-refractivity contribution in [3.8, 4) is 0 Å². The Morgan fingerprint density at radius 3 is 1.94 bits per heavy atom. The van der Waals surface area contributed by atoms with Crippen LogP contribution in [0.15, 0.2) is 0 Å². The van der Waals surface area contributed by atoms with Crippen molar-refractivity contribution in [3.63, 3.8) is 0 Å². The number of hydrogen-bond donors (Lipinski definition) is 1. The van der Waals surface area contributed by atoms with Crippen LogP contribution in [-0.2, 0) is 4.79 Å². The van der Waals surface area contributed by atoms with E-state index in [1.54, 1.807) is 11.8 Å². The number of rotatable bonds is 4. The zero-order valence-electron chi connectivity index (χ0n) is 11.3. The van der Waals surface area contributed by atoms with Gasteiger partial charge in [0.15, 0.2) is 0 Å². The predicted molar refractivity (Wildman–Crippen MR) is 74.7 cm³/mol.